The summed E-state index contributed by atoms with van der Waals surface area (Å²) < 4.78 is 27.5. The Morgan fingerprint density at radius 1 is 1.13 bits per heavy atom. The molecule has 4 rings (SSSR count). The Hall–Kier alpha value is -3.04. The molecule has 1 saturated heterocycles. The highest BCUT2D eigenvalue weighted by molar-refractivity contribution is 5.87. The average Bonchev–Trinajstić information content (AvgIpc) is 3.07. The number of phenolic OH excluding ortho intramolecular Hbond substituents is 1. The lowest BCUT2D eigenvalue weighted by Crippen LogP contribution is -2.63. The van der Waals surface area contributed by atoms with E-state index in [0.717, 1.165) is 12.3 Å². The Kier molecular flexibility index (Phi) is 8.33. The van der Waals surface area contributed by atoms with Crippen molar-refractivity contribution in [3.05, 3.63) is 48.2 Å². The van der Waals surface area contributed by atoms with E-state index in [9.17, 15) is 40.2 Å². The molecular formula is C26H32O13. The van der Waals surface area contributed by atoms with Crippen LogP contribution in [0.1, 0.15) is 25.8 Å². The zero-order valence-corrected chi connectivity index (χ0v) is 21.2. The molecule has 214 valence electrons. The van der Waals surface area contributed by atoms with Gasteiger partial charge in [0.15, 0.2) is 12.4 Å². The Morgan fingerprint density at radius 3 is 2.46 bits per heavy atom. The topological polar surface area (TPSA) is 202 Å². The zero-order chi connectivity index (χ0) is 28.5. The van der Waals surface area contributed by atoms with Gasteiger partial charge in [-0.25, -0.2) is 4.79 Å². The molecule has 3 aliphatic rings. The molecule has 0 bridgehead atoms. The van der Waals surface area contributed by atoms with E-state index in [4.69, 9.17) is 23.7 Å². The van der Waals surface area contributed by atoms with Crippen molar-refractivity contribution in [1.29, 1.82) is 0 Å². The van der Waals surface area contributed by atoms with E-state index < -0.39 is 78.8 Å². The largest absolute Gasteiger partial charge is 0.508 e. The number of benzene rings is 1. The summed E-state index contributed by atoms with van der Waals surface area (Å²) in [7, 11) is 0. The zero-order valence-electron chi connectivity index (χ0n) is 21.2. The predicted molar refractivity (Wildman–Crippen MR) is 129 cm³/mol. The maximum Gasteiger partial charge on any atom is 0.331 e. The van der Waals surface area contributed by atoms with Crippen molar-refractivity contribution in [3.8, 4) is 5.75 Å². The molecule has 0 aromatic heterocycles. The number of ether oxygens (including phenoxy) is 5. The van der Waals surface area contributed by atoms with E-state index >= 15 is 0 Å². The Bertz CT molecular complexity index is 1100. The van der Waals surface area contributed by atoms with Crippen molar-refractivity contribution in [3.63, 3.8) is 0 Å². The molecule has 0 radical (unpaired) electrons. The second kappa shape index (κ2) is 11.2. The fourth-order valence-electron chi connectivity index (χ4n) is 5.30. The van der Waals surface area contributed by atoms with Gasteiger partial charge < -0.3 is 54.3 Å². The van der Waals surface area contributed by atoms with Gasteiger partial charge in [-0.1, -0.05) is 12.1 Å². The molecule has 0 spiro atoms. The Morgan fingerprint density at radius 2 is 1.82 bits per heavy atom. The van der Waals surface area contributed by atoms with Crippen LogP contribution in [-0.4, -0.2) is 103 Å². The molecule has 0 amide bonds. The minimum Gasteiger partial charge on any atom is -0.508 e. The van der Waals surface area contributed by atoms with Crippen LogP contribution in [0.3, 0.4) is 0 Å². The molecule has 1 aromatic carbocycles. The van der Waals surface area contributed by atoms with E-state index in [0.29, 0.717) is 5.56 Å². The lowest BCUT2D eigenvalue weighted by molar-refractivity contribution is -0.351. The number of aliphatic hydroxyl groups excluding tert-OH is 4. The number of carbonyl (C=O) groups excluding carboxylic acids is 2. The summed E-state index contributed by atoms with van der Waals surface area (Å²) in [6.45, 7) is 1.93. The molecule has 10 atom stereocenters. The number of hydrogen-bond acceptors (Lipinski definition) is 13. The highest BCUT2D eigenvalue weighted by Crippen LogP contribution is 2.51. The van der Waals surface area contributed by atoms with Gasteiger partial charge in [0.1, 0.15) is 35.3 Å². The van der Waals surface area contributed by atoms with Crippen LogP contribution in [0.4, 0.5) is 0 Å². The highest BCUT2D eigenvalue weighted by atomic mass is 16.8. The quantitative estimate of drug-likeness (QED) is 0.179. The Labute approximate surface area is 223 Å². The number of aromatic hydroxyl groups is 1. The van der Waals surface area contributed by atoms with Crippen molar-refractivity contribution in [2.45, 2.75) is 74.6 Å². The first-order valence-electron chi connectivity index (χ1n) is 12.3. The van der Waals surface area contributed by atoms with Crippen LogP contribution >= 0.6 is 0 Å². The molecular weight excluding hydrogens is 520 g/mol. The number of aliphatic hydroxyl groups is 5. The molecule has 13 nitrogen and oxygen atoms in total. The predicted octanol–water partition coefficient (Wildman–Crippen LogP) is -0.923. The first kappa shape index (κ1) is 29.0. The fraction of sp³-hybridized carbons (Fsp3) is 0.538. The summed E-state index contributed by atoms with van der Waals surface area (Å²) in [6.07, 6.45) is -6.24. The van der Waals surface area contributed by atoms with Crippen LogP contribution in [0, 0.1) is 5.92 Å². The van der Waals surface area contributed by atoms with Crippen molar-refractivity contribution >= 4 is 18.0 Å². The van der Waals surface area contributed by atoms with E-state index in [-0.39, 0.29) is 12.2 Å². The van der Waals surface area contributed by atoms with Gasteiger partial charge in [-0.15, -0.1) is 0 Å². The smallest absolute Gasteiger partial charge is 0.331 e. The molecule has 1 aliphatic carbocycles. The first-order chi connectivity index (χ1) is 18.4. The maximum atomic E-state index is 12.5. The monoisotopic (exact) mass is 552 g/mol. The number of hydrogen-bond donors (Lipinski definition) is 6. The molecule has 0 unspecified atom stereocenters. The molecule has 6 N–H and O–H groups in total. The molecule has 2 heterocycles. The molecule has 39 heavy (non-hydrogen) atoms. The average molecular weight is 553 g/mol. The Balaban J connectivity index is 1.52. The summed E-state index contributed by atoms with van der Waals surface area (Å²) in [4.78, 5) is 24.3. The van der Waals surface area contributed by atoms with E-state index in [2.05, 4.69) is 0 Å². The number of rotatable bonds is 7. The molecule has 1 aromatic rings. The van der Waals surface area contributed by atoms with Crippen molar-refractivity contribution in [1.82, 2.24) is 0 Å². The van der Waals surface area contributed by atoms with Crippen LogP contribution in [0.25, 0.3) is 6.08 Å². The molecule has 2 fully saturated rings. The second-order valence-electron chi connectivity index (χ2n) is 9.97. The van der Waals surface area contributed by atoms with Gasteiger partial charge in [0, 0.05) is 19.4 Å². The summed E-state index contributed by atoms with van der Waals surface area (Å²) in [5.74, 6) is -2.75. The van der Waals surface area contributed by atoms with E-state index in [1.54, 1.807) is 12.1 Å². The van der Waals surface area contributed by atoms with Crippen molar-refractivity contribution in [2.75, 3.05) is 6.61 Å². The lowest BCUT2D eigenvalue weighted by Gasteiger charge is -2.46. The lowest BCUT2D eigenvalue weighted by atomic mass is 9.81. The van der Waals surface area contributed by atoms with Crippen LogP contribution in [0.2, 0.25) is 0 Å². The SMILES string of the molecule is CC(=O)O[C@@]1(C)C[C@@H](O)[C@]2(O)C=CO[C@@H](O[C@@H]3O[C@H](CO)[C@@H](O)[C@H](OC(=O)C=Cc4ccc(O)cc4)[C@H]3O)[C@@H]21. The normalized spacial score (nSPS) is 39.7. The number of carbonyl (C=O) groups is 2. The first-order valence-corrected chi connectivity index (χ1v) is 12.3. The number of esters is 2. The van der Waals surface area contributed by atoms with Crippen LogP contribution < -0.4 is 0 Å². The van der Waals surface area contributed by atoms with Crippen molar-refractivity contribution < 1.29 is 63.9 Å². The van der Waals surface area contributed by atoms with Gasteiger partial charge in [0.05, 0.1) is 24.9 Å². The third-order valence-electron chi connectivity index (χ3n) is 7.13. The molecule has 13 heteroatoms. The van der Waals surface area contributed by atoms with Crippen LogP contribution in [-0.2, 0) is 33.3 Å². The van der Waals surface area contributed by atoms with E-state index in [1.165, 1.54) is 38.1 Å². The maximum absolute atomic E-state index is 12.5. The van der Waals surface area contributed by atoms with Crippen LogP contribution in [0.15, 0.2) is 42.7 Å². The summed E-state index contributed by atoms with van der Waals surface area (Å²) in [6, 6.07) is 5.94. The van der Waals surface area contributed by atoms with Gasteiger partial charge in [-0.05, 0) is 36.8 Å². The fourth-order valence-corrected chi connectivity index (χ4v) is 5.30. The minimum absolute atomic E-state index is 0.0421. The van der Waals surface area contributed by atoms with Gasteiger partial charge in [0.25, 0.3) is 0 Å². The van der Waals surface area contributed by atoms with Crippen LogP contribution in [0.5, 0.6) is 5.75 Å². The van der Waals surface area contributed by atoms with Gasteiger partial charge in [-0.2, -0.15) is 0 Å². The third-order valence-corrected chi connectivity index (χ3v) is 7.13. The van der Waals surface area contributed by atoms with Gasteiger partial charge >= 0.3 is 11.9 Å². The molecule has 1 saturated carbocycles. The summed E-state index contributed by atoms with van der Waals surface area (Å²) >= 11 is 0. The van der Waals surface area contributed by atoms with Crippen molar-refractivity contribution in [2.24, 2.45) is 5.92 Å². The third kappa shape index (κ3) is 5.79. The second-order valence-corrected chi connectivity index (χ2v) is 9.97. The summed E-state index contributed by atoms with van der Waals surface area (Å²) in [5.41, 5.74) is -2.81. The molecule has 2 aliphatic heterocycles. The summed E-state index contributed by atoms with van der Waals surface area (Å²) in [5, 5.41) is 62.4. The number of phenols is 1. The van der Waals surface area contributed by atoms with Gasteiger partial charge in [-0.3, -0.25) is 4.79 Å². The van der Waals surface area contributed by atoms with E-state index in [1.807, 2.05) is 0 Å². The number of fused-ring (bicyclic) bond motifs is 1. The standard InChI is InChI=1S/C26H32O13/c1-13(28)39-25(2)11-17(30)26(34)9-10-35-24(22(25)26)38-23-20(33)21(19(32)16(12-27)36-23)37-18(31)8-5-14-3-6-15(29)7-4-14/h3-10,16-17,19-24,27,29-30,32-34H,11-12H2,1-2H3/t16-,17-,19-,20-,21+,22-,23+,24+,25+,26-/m1/s1. The van der Waals surface area contributed by atoms with Gasteiger partial charge in [0.2, 0.25) is 6.29 Å². The highest BCUT2D eigenvalue weighted by Gasteiger charge is 2.66. The minimum atomic E-state index is -1.92.